The number of rotatable bonds is 8. The van der Waals surface area contributed by atoms with Crippen LogP contribution in [-0.4, -0.2) is 74.5 Å². The van der Waals surface area contributed by atoms with E-state index < -0.39 is 44.6 Å². The van der Waals surface area contributed by atoms with Gasteiger partial charge in [0.05, 0.1) is 39.7 Å². The van der Waals surface area contributed by atoms with Gasteiger partial charge in [0.2, 0.25) is 21.8 Å². The number of hydrogen-bond donors (Lipinski definition) is 2. The second-order valence-corrected chi connectivity index (χ2v) is 14.2. The van der Waals surface area contributed by atoms with Gasteiger partial charge in [0.1, 0.15) is 0 Å². The van der Waals surface area contributed by atoms with Gasteiger partial charge in [-0.05, 0) is 36.2 Å². The van der Waals surface area contributed by atoms with E-state index >= 15 is 0 Å². The van der Waals surface area contributed by atoms with Crippen LogP contribution in [-0.2, 0) is 36.4 Å². The van der Waals surface area contributed by atoms with Gasteiger partial charge in [-0.2, -0.15) is 17.0 Å². The van der Waals surface area contributed by atoms with E-state index in [4.69, 9.17) is 5.14 Å². The largest absolute Gasteiger partial charge is 0.351 e. The van der Waals surface area contributed by atoms with Crippen LogP contribution in [0, 0.1) is 5.92 Å². The first-order valence-corrected chi connectivity index (χ1v) is 15.9. The number of sulfonamides is 1. The van der Waals surface area contributed by atoms with Crippen LogP contribution >= 0.6 is 11.3 Å². The second-order valence-electron chi connectivity index (χ2n) is 9.65. The summed E-state index contributed by atoms with van der Waals surface area (Å²) in [7, 11) is -6.54. The molecule has 0 unspecified atom stereocenters. The first-order chi connectivity index (χ1) is 18.4. The summed E-state index contributed by atoms with van der Waals surface area (Å²) in [5.41, 5.74) is 1.41. The molecule has 0 aliphatic carbocycles. The van der Waals surface area contributed by atoms with Crippen molar-refractivity contribution in [1.29, 1.82) is 0 Å². The first kappa shape index (κ1) is 27.6. The van der Waals surface area contributed by atoms with Gasteiger partial charge in [-0.1, -0.05) is 42.5 Å². The monoisotopic (exact) mass is 592 g/mol. The maximum absolute atomic E-state index is 13.5. The van der Waals surface area contributed by atoms with Gasteiger partial charge in [0.15, 0.2) is 5.13 Å². The highest BCUT2D eigenvalue weighted by Gasteiger charge is 2.56. The standard InChI is InChI=1S/C24H28N6O6S3/c1-15-22-19(30(23(15)32)24-27-18-5-3-4-6-20(18)37-24)11-12-29(22)39(35,36)28(2)14-21(31)26-13-16-7-9-17(10-8-16)38(25,33)34/h3-10,15,19,22H,11-14H2,1-2H3,(H,26,31)(H2,25,33,34)/t15-,19-,22+/m0/s1. The summed E-state index contributed by atoms with van der Waals surface area (Å²) in [6.45, 7) is 1.61. The minimum atomic E-state index is -4.05. The topological polar surface area (TPSA) is 163 Å². The second kappa shape index (κ2) is 10.2. The molecular weight excluding hydrogens is 565 g/mol. The van der Waals surface area contributed by atoms with Crippen LogP contribution in [0.15, 0.2) is 53.4 Å². The number of primary sulfonamides is 1. The van der Waals surface area contributed by atoms with Crippen molar-refractivity contribution in [3.05, 3.63) is 54.1 Å². The average Bonchev–Trinajstić information content (AvgIpc) is 3.57. The lowest BCUT2D eigenvalue weighted by Crippen LogP contribution is -2.50. The van der Waals surface area contributed by atoms with Gasteiger partial charge in [-0.3, -0.25) is 14.5 Å². The fourth-order valence-electron chi connectivity index (χ4n) is 5.15. The number of amides is 2. The SMILES string of the molecule is C[C@@H]1C(=O)N(c2nc3ccccc3s2)[C@H]2CCN(S(=O)(=O)N(C)CC(=O)NCc3ccc(S(N)(=O)=O)cc3)[C@H]12. The van der Waals surface area contributed by atoms with Gasteiger partial charge in [0, 0.05) is 20.1 Å². The van der Waals surface area contributed by atoms with E-state index in [0.29, 0.717) is 17.1 Å². The van der Waals surface area contributed by atoms with E-state index in [-0.39, 0.29) is 29.9 Å². The average molecular weight is 593 g/mol. The maximum Gasteiger partial charge on any atom is 0.282 e. The number of hydrogen-bond acceptors (Lipinski definition) is 8. The molecule has 5 rings (SSSR count). The van der Waals surface area contributed by atoms with Crippen molar-refractivity contribution in [3.63, 3.8) is 0 Å². The molecule has 2 aliphatic rings. The van der Waals surface area contributed by atoms with E-state index in [1.807, 2.05) is 24.3 Å². The molecular formula is C24H28N6O6S3. The van der Waals surface area contributed by atoms with Crippen LogP contribution in [0.3, 0.4) is 0 Å². The van der Waals surface area contributed by atoms with Crippen molar-refractivity contribution >= 4 is 58.7 Å². The highest BCUT2D eigenvalue weighted by Crippen LogP contribution is 2.42. The number of carbonyl (C=O) groups excluding carboxylic acids is 2. The van der Waals surface area contributed by atoms with Crippen LogP contribution < -0.4 is 15.4 Å². The summed E-state index contributed by atoms with van der Waals surface area (Å²) in [5, 5.41) is 8.29. The van der Waals surface area contributed by atoms with E-state index in [1.54, 1.807) is 11.8 Å². The summed E-state index contributed by atoms with van der Waals surface area (Å²) in [4.78, 5) is 32.0. The summed E-state index contributed by atoms with van der Waals surface area (Å²) in [6.07, 6.45) is 0.463. The van der Waals surface area contributed by atoms with Gasteiger partial charge < -0.3 is 5.32 Å². The molecule has 39 heavy (non-hydrogen) atoms. The molecule has 2 aliphatic heterocycles. The van der Waals surface area contributed by atoms with Gasteiger partial charge in [-0.15, -0.1) is 0 Å². The van der Waals surface area contributed by atoms with Crippen LogP contribution in [0.4, 0.5) is 5.13 Å². The van der Waals surface area contributed by atoms with Crippen molar-refractivity contribution in [3.8, 4) is 0 Å². The zero-order chi connectivity index (χ0) is 28.1. The predicted molar refractivity (Wildman–Crippen MR) is 146 cm³/mol. The zero-order valence-electron chi connectivity index (χ0n) is 21.2. The van der Waals surface area contributed by atoms with Crippen molar-refractivity contribution in [1.82, 2.24) is 18.9 Å². The Morgan fingerprint density at radius 2 is 1.85 bits per heavy atom. The highest BCUT2D eigenvalue weighted by molar-refractivity contribution is 7.89. The number of carbonyl (C=O) groups is 2. The van der Waals surface area contributed by atoms with E-state index in [1.165, 1.54) is 47.0 Å². The molecule has 0 saturated carbocycles. The zero-order valence-corrected chi connectivity index (χ0v) is 23.7. The minimum absolute atomic E-state index is 0.0476. The third kappa shape index (κ3) is 5.17. The molecule has 2 aromatic carbocycles. The minimum Gasteiger partial charge on any atom is -0.351 e. The molecule has 0 radical (unpaired) electrons. The molecule has 208 valence electrons. The number of thiazole rings is 1. The van der Waals surface area contributed by atoms with Crippen LogP contribution in [0.1, 0.15) is 18.9 Å². The third-order valence-electron chi connectivity index (χ3n) is 7.13. The molecule has 0 bridgehead atoms. The number of aromatic nitrogens is 1. The molecule has 2 amide bonds. The normalized spacial score (nSPS) is 22.1. The number of benzene rings is 2. The number of nitrogens with zero attached hydrogens (tertiary/aromatic N) is 4. The number of fused-ring (bicyclic) bond motifs is 2. The number of anilines is 1. The van der Waals surface area contributed by atoms with Crippen molar-refractivity contribution < 1.29 is 26.4 Å². The maximum atomic E-state index is 13.5. The summed E-state index contributed by atoms with van der Waals surface area (Å²) in [6, 6.07) is 12.4. The molecule has 1 aromatic heterocycles. The van der Waals surface area contributed by atoms with E-state index in [0.717, 1.165) is 14.5 Å². The third-order valence-corrected chi connectivity index (χ3v) is 11.0. The summed E-state index contributed by atoms with van der Waals surface area (Å²) >= 11 is 1.40. The Bertz CT molecular complexity index is 1610. The number of para-hydroxylation sites is 1. The Hall–Kier alpha value is -2.95. The molecule has 2 fully saturated rings. The van der Waals surface area contributed by atoms with Gasteiger partial charge in [-0.25, -0.2) is 18.5 Å². The van der Waals surface area contributed by atoms with E-state index in [9.17, 15) is 26.4 Å². The summed E-state index contributed by atoms with van der Waals surface area (Å²) in [5.74, 6) is -1.27. The Morgan fingerprint density at radius 1 is 1.15 bits per heavy atom. The molecule has 15 heteroatoms. The van der Waals surface area contributed by atoms with Crippen LogP contribution in [0.25, 0.3) is 10.2 Å². The quantitative estimate of drug-likeness (QED) is 0.392. The lowest BCUT2D eigenvalue weighted by Gasteiger charge is -2.29. The highest BCUT2D eigenvalue weighted by atomic mass is 32.2. The Kier molecular flexibility index (Phi) is 7.24. The molecule has 0 spiro atoms. The number of nitrogens with one attached hydrogen (secondary N) is 1. The fraction of sp³-hybridized carbons (Fsp3) is 0.375. The Balaban J connectivity index is 1.25. The Morgan fingerprint density at radius 3 is 2.51 bits per heavy atom. The summed E-state index contributed by atoms with van der Waals surface area (Å²) < 4.78 is 53.1. The molecule has 3 aromatic rings. The van der Waals surface area contributed by atoms with Gasteiger partial charge >= 0.3 is 0 Å². The smallest absolute Gasteiger partial charge is 0.282 e. The van der Waals surface area contributed by atoms with E-state index in [2.05, 4.69) is 10.3 Å². The molecule has 3 atom stereocenters. The fourth-order valence-corrected chi connectivity index (χ4v) is 8.30. The molecule has 12 nitrogen and oxygen atoms in total. The predicted octanol–water partition coefficient (Wildman–Crippen LogP) is 0.862. The van der Waals surface area contributed by atoms with Crippen molar-refractivity contribution in [2.75, 3.05) is 25.0 Å². The first-order valence-electron chi connectivity index (χ1n) is 12.2. The lowest BCUT2D eigenvalue weighted by atomic mass is 10.0. The van der Waals surface area contributed by atoms with Crippen LogP contribution in [0.2, 0.25) is 0 Å². The molecule has 2 saturated heterocycles. The van der Waals surface area contributed by atoms with Crippen molar-refractivity contribution in [2.24, 2.45) is 11.1 Å². The van der Waals surface area contributed by atoms with Crippen molar-refractivity contribution in [2.45, 2.75) is 36.9 Å². The molecule has 3 heterocycles. The molecule has 3 N–H and O–H groups in total. The lowest BCUT2D eigenvalue weighted by molar-refractivity contribution is -0.122. The number of likely N-dealkylation sites (N-methyl/N-ethyl adjacent to an activating group) is 1. The van der Waals surface area contributed by atoms with Crippen LogP contribution in [0.5, 0.6) is 0 Å². The number of nitrogens with two attached hydrogens (primary N) is 1. The Labute approximate surface area is 230 Å². The van der Waals surface area contributed by atoms with Gasteiger partial charge in [0.25, 0.3) is 10.2 Å².